The zero-order valence-electron chi connectivity index (χ0n) is 12.6. The van der Waals surface area contributed by atoms with Crippen LogP contribution >= 0.6 is 11.6 Å². The average Bonchev–Trinajstić information content (AvgIpc) is 2.80. The van der Waals surface area contributed by atoms with E-state index in [2.05, 4.69) is 9.97 Å². The van der Waals surface area contributed by atoms with Crippen LogP contribution in [-0.4, -0.2) is 21.1 Å². The number of nitrogens with zero attached hydrogens (tertiary/aromatic N) is 3. The molecule has 0 saturated carbocycles. The summed E-state index contributed by atoms with van der Waals surface area (Å²) in [6.07, 6.45) is 6.35. The van der Waals surface area contributed by atoms with Crippen LogP contribution < -0.4 is 5.73 Å². The number of hydrogen-bond acceptors (Lipinski definition) is 3. The third-order valence-corrected chi connectivity index (χ3v) is 4.02. The fourth-order valence-electron chi connectivity index (χ4n) is 2.79. The van der Waals surface area contributed by atoms with Crippen LogP contribution in [0, 0.1) is 6.92 Å². The summed E-state index contributed by atoms with van der Waals surface area (Å²) in [6.45, 7) is 2.26. The molecule has 2 heterocycles. The molecule has 0 spiro atoms. The largest absolute Gasteiger partial charge is 0.337 e. The second-order valence-corrected chi connectivity index (χ2v) is 5.66. The Bertz CT molecular complexity index is 871. The Morgan fingerprint density at radius 2 is 2.09 bits per heavy atom. The van der Waals surface area contributed by atoms with Crippen LogP contribution in [0.2, 0.25) is 5.02 Å². The van der Waals surface area contributed by atoms with E-state index in [1.165, 1.54) is 12.4 Å². The molecule has 118 valence electrons. The van der Waals surface area contributed by atoms with Gasteiger partial charge in [-0.25, -0.2) is 14.4 Å². The number of hydrogen-bond donors (Lipinski definition) is 1. The van der Waals surface area contributed by atoms with Gasteiger partial charge in [0.25, 0.3) is 0 Å². The van der Waals surface area contributed by atoms with Gasteiger partial charge in [0.15, 0.2) is 0 Å². The van der Waals surface area contributed by atoms with Crippen molar-refractivity contribution in [2.45, 2.75) is 13.5 Å². The monoisotopic (exact) mass is 330 g/mol. The van der Waals surface area contributed by atoms with E-state index in [0.717, 1.165) is 27.7 Å². The van der Waals surface area contributed by atoms with Crippen LogP contribution in [0.1, 0.15) is 5.69 Å². The minimum absolute atomic E-state index is 0.134. The summed E-state index contributed by atoms with van der Waals surface area (Å²) in [5, 5.41) is 1.58. The van der Waals surface area contributed by atoms with Gasteiger partial charge >= 0.3 is 0 Å². The van der Waals surface area contributed by atoms with Crippen LogP contribution in [0.25, 0.3) is 22.0 Å². The molecule has 0 aliphatic heterocycles. The molecule has 0 aliphatic carbocycles. The van der Waals surface area contributed by atoms with Gasteiger partial charge in [-0.3, -0.25) is 0 Å². The van der Waals surface area contributed by atoms with Crippen molar-refractivity contribution in [3.8, 4) is 11.1 Å². The van der Waals surface area contributed by atoms with E-state index in [1.54, 1.807) is 18.5 Å². The Hall–Kier alpha value is -2.24. The van der Waals surface area contributed by atoms with Crippen molar-refractivity contribution in [3.63, 3.8) is 0 Å². The molecule has 23 heavy (non-hydrogen) atoms. The maximum Gasteiger partial charge on any atom is 0.117 e. The first kappa shape index (κ1) is 15.6. The van der Waals surface area contributed by atoms with E-state index < -0.39 is 0 Å². The quantitative estimate of drug-likeness (QED) is 0.790. The number of nitrogens with two attached hydrogens (primary N) is 1. The number of benzene rings is 1. The highest BCUT2D eigenvalue weighted by molar-refractivity contribution is 6.31. The molecule has 0 amide bonds. The summed E-state index contributed by atoms with van der Waals surface area (Å²) in [7, 11) is 0. The van der Waals surface area contributed by atoms with Crippen LogP contribution in [0.3, 0.4) is 0 Å². The second kappa shape index (κ2) is 6.48. The summed E-state index contributed by atoms with van der Waals surface area (Å²) in [5.74, 6) is -0.265. The lowest BCUT2D eigenvalue weighted by Crippen LogP contribution is -2.03. The zero-order valence-corrected chi connectivity index (χ0v) is 13.4. The molecule has 0 atom stereocenters. The number of aromatic nitrogens is 3. The number of fused-ring (bicyclic) bond motifs is 1. The SMILES string of the molecule is Cc1c(-c2cncnc2)c2cc(Cl)ccc2n1C/C(F)=C/CN. The highest BCUT2D eigenvalue weighted by Gasteiger charge is 2.17. The Labute approximate surface area is 138 Å². The molecule has 0 bridgehead atoms. The topological polar surface area (TPSA) is 56.7 Å². The predicted octanol–water partition coefficient (Wildman–Crippen LogP) is 3.87. The van der Waals surface area contributed by atoms with E-state index in [4.69, 9.17) is 17.3 Å². The fourth-order valence-corrected chi connectivity index (χ4v) is 2.97. The third kappa shape index (κ3) is 2.98. The van der Waals surface area contributed by atoms with E-state index in [0.29, 0.717) is 5.02 Å². The van der Waals surface area contributed by atoms with E-state index in [9.17, 15) is 4.39 Å². The Balaban J connectivity index is 2.26. The first-order chi connectivity index (χ1) is 11.1. The van der Waals surface area contributed by atoms with Crippen molar-refractivity contribution in [1.29, 1.82) is 0 Å². The van der Waals surface area contributed by atoms with Crippen LogP contribution in [0.4, 0.5) is 4.39 Å². The summed E-state index contributed by atoms with van der Waals surface area (Å²) in [6, 6.07) is 5.58. The van der Waals surface area contributed by atoms with E-state index in [-0.39, 0.29) is 18.9 Å². The molecule has 0 fully saturated rings. The molecular formula is C17H16ClFN4. The minimum Gasteiger partial charge on any atom is -0.337 e. The van der Waals surface area contributed by atoms with Gasteiger partial charge in [0.2, 0.25) is 0 Å². The third-order valence-electron chi connectivity index (χ3n) is 3.78. The lowest BCUT2D eigenvalue weighted by Gasteiger charge is -2.07. The van der Waals surface area contributed by atoms with Crippen molar-refractivity contribution >= 4 is 22.5 Å². The van der Waals surface area contributed by atoms with Crippen molar-refractivity contribution in [3.05, 3.63) is 59.5 Å². The average molecular weight is 331 g/mol. The molecular weight excluding hydrogens is 315 g/mol. The van der Waals surface area contributed by atoms with Gasteiger partial charge in [-0.05, 0) is 31.2 Å². The van der Waals surface area contributed by atoms with Gasteiger partial charge in [-0.1, -0.05) is 11.6 Å². The standard InChI is InChI=1S/C17H16ClFN4/c1-11-17(12-7-21-10-22-8-12)15-6-13(18)2-3-16(15)23(11)9-14(19)4-5-20/h2-4,6-8,10H,5,9,20H2,1H3/b14-4-. The summed E-state index contributed by atoms with van der Waals surface area (Å²) >= 11 is 6.15. The molecule has 3 aromatic rings. The van der Waals surface area contributed by atoms with E-state index in [1.807, 2.05) is 23.6 Å². The molecule has 0 aliphatic rings. The first-order valence-electron chi connectivity index (χ1n) is 7.20. The van der Waals surface area contributed by atoms with Gasteiger partial charge in [0.05, 0.1) is 6.54 Å². The predicted molar refractivity (Wildman–Crippen MR) is 91.0 cm³/mol. The molecule has 2 N–H and O–H groups in total. The summed E-state index contributed by atoms with van der Waals surface area (Å²) in [4.78, 5) is 8.15. The highest BCUT2D eigenvalue weighted by Crippen LogP contribution is 2.35. The maximum absolute atomic E-state index is 14.0. The van der Waals surface area contributed by atoms with Crippen LogP contribution in [0.15, 0.2) is 48.8 Å². The second-order valence-electron chi connectivity index (χ2n) is 5.22. The normalized spacial score (nSPS) is 12.1. The van der Waals surface area contributed by atoms with Crippen molar-refractivity contribution < 1.29 is 4.39 Å². The number of allylic oxidation sites excluding steroid dienone is 1. The molecule has 2 aromatic heterocycles. The van der Waals surface area contributed by atoms with Crippen LogP contribution in [0.5, 0.6) is 0 Å². The fraction of sp³-hybridized carbons (Fsp3) is 0.176. The molecule has 1 aromatic carbocycles. The van der Waals surface area contributed by atoms with Gasteiger partial charge in [-0.15, -0.1) is 0 Å². The Kier molecular flexibility index (Phi) is 4.41. The van der Waals surface area contributed by atoms with Gasteiger partial charge in [-0.2, -0.15) is 0 Å². The Morgan fingerprint density at radius 3 is 2.78 bits per heavy atom. The van der Waals surface area contributed by atoms with Crippen molar-refractivity contribution in [2.24, 2.45) is 5.73 Å². The first-order valence-corrected chi connectivity index (χ1v) is 7.58. The molecule has 4 nitrogen and oxygen atoms in total. The highest BCUT2D eigenvalue weighted by atomic mass is 35.5. The Morgan fingerprint density at radius 1 is 1.35 bits per heavy atom. The van der Waals surface area contributed by atoms with E-state index >= 15 is 0 Å². The lowest BCUT2D eigenvalue weighted by molar-refractivity contribution is 0.555. The number of rotatable bonds is 4. The number of halogens is 2. The molecule has 3 rings (SSSR count). The zero-order chi connectivity index (χ0) is 16.4. The van der Waals surface area contributed by atoms with Crippen LogP contribution in [-0.2, 0) is 6.54 Å². The lowest BCUT2D eigenvalue weighted by atomic mass is 10.1. The summed E-state index contributed by atoms with van der Waals surface area (Å²) in [5.41, 5.74) is 9.06. The van der Waals surface area contributed by atoms with Gasteiger partial charge in [0.1, 0.15) is 12.2 Å². The minimum atomic E-state index is -0.265. The smallest absolute Gasteiger partial charge is 0.117 e. The molecule has 0 unspecified atom stereocenters. The van der Waals surface area contributed by atoms with Gasteiger partial charge < -0.3 is 10.3 Å². The molecule has 6 heteroatoms. The molecule has 0 radical (unpaired) electrons. The molecule has 0 saturated heterocycles. The maximum atomic E-state index is 14.0. The summed E-state index contributed by atoms with van der Waals surface area (Å²) < 4.78 is 15.9. The van der Waals surface area contributed by atoms with Gasteiger partial charge in [0, 0.05) is 51.7 Å². The van der Waals surface area contributed by atoms with Crippen molar-refractivity contribution in [2.75, 3.05) is 6.54 Å². The van der Waals surface area contributed by atoms with Crippen molar-refractivity contribution in [1.82, 2.24) is 14.5 Å².